The lowest BCUT2D eigenvalue weighted by molar-refractivity contribution is -0.245. The van der Waals surface area contributed by atoms with Gasteiger partial charge in [-0.05, 0) is 143 Å². The molecular weight excluding hydrogens is 705 g/mol. The SMILES string of the molecule is C=C(C)[C@@H]1CC[C@]2(C(=O)N3CCN(C(=O)CC(C)(C)C(=O)O)CC3)CC[C@]3(C)[C@H](CC[C@@H]4[C@@]5(C)CC[C@H](Oc6ccc7c(c6)OCO7)C(C)(C)[C@@H]5CC[C@]43C)[C@@H]12. The average molecular weight is 773 g/mol. The molecule has 1 N–H and O–H groups in total. The molecule has 1 aromatic rings. The number of allylic oxidation sites excluding steroid dienone is 1. The highest BCUT2D eigenvalue weighted by Gasteiger charge is 2.72. The van der Waals surface area contributed by atoms with Gasteiger partial charge in [-0.1, -0.05) is 46.8 Å². The zero-order valence-electron chi connectivity index (χ0n) is 35.5. The van der Waals surface area contributed by atoms with Gasteiger partial charge in [-0.15, -0.1) is 0 Å². The standard InChI is InChI=1S/C47H68N2O7/c1-29(2)31-14-19-47(40(51)49-24-22-48(23-25-49)38(50)27-42(3,4)41(52)53)21-20-45(8)32(39(31)47)11-13-36-44(7)17-16-37(43(5,6)35(44)15-18-46(36,45)9)56-30-10-12-33-34(26-30)55-28-54-33/h10,12,26,31-32,35-37,39H,1,11,13-25,27-28H2,2-9H3,(H,52,53)/t31-,32+,35-,36+,37-,39+,44-,45+,46+,47-/m0/s1. The fourth-order valence-corrected chi connectivity index (χ4v) is 14.9. The zero-order chi connectivity index (χ0) is 40.2. The molecule has 0 spiro atoms. The number of piperazine rings is 1. The van der Waals surface area contributed by atoms with E-state index in [0.29, 0.717) is 55.8 Å². The molecule has 2 aliphatic heterocycles. The average Bonchev–Trinajstić information content (AvgIpc) is 3.78. The Morgan fingerprint density at radius 1 is 0.839 bits per heavy atom. The van der Waals surface area contributed by atoms with E-state index < -0.39 is 11.4 Å². The van der Waals surface area contributed by atoms with Crippen LogP contribution in [0, 0.1) is 62.1 Å². The lowest BCUT2D eigenvalue weighted by atomic mass is 9.32. The lowest BCUT2D eigenvalue weighted by Crippen LogP contribution is -2.68. The number of carboxylic acids is 1. The summed E-state index contributed by atoms with van der Waals surface area (Å²) in [5.74, 6) is 3.88. The molecule has 7 aliphatic rings. The smallest absolute Gasteiger partial charge is 0.309 e. The topological polar surface area (TPSA) is 106 Å². The van der Waals surface area contributed by atoms with Crippen molar-refractivity contribution in [1.82, 2.24) is 9.80 Å². The van der Waals surface area contributed by atoms with E-state index in [1.54, 1.807) is 18.7 Å². The minimum absolute atomic E-state index is 0.00813. The first kappa shape index (κ1) is 39.6. The van der Waals surface area contributed by atoms with E-state index >= 15 is 4.79 Å². The Labute approximate surface area is 335 Å². The molecule has 0 aromatic heterocycles. The number of nitrogens with zero attached hydrogens (tertiary/aromatic N) is 2. The van der Waals surface area contributed by atoms with Crippen LogP contribution in [-0.2, 0) is 14.4 Å². The highest BCUT2D eigenvalue weighted by Crippen LogP contribution is 2.77. The van der Waals surface area contributed by atoms with Gasteiger partial charge in [0.25, 0.3) is 0 Å². The Morgan fingerprint density at radius 2 is 1.54 bits per heavy atom. The number of ether oxygens (including phenoxy) is 3. The molecule has 1 saturated heterocycles. The molecule has 1 aromatic carbocycles. The highest BCUT2D eigenvalue weighted by molar-refractivity contribution is 5.86. The summed E-state index contributed by atoms with van der Waals surface area (Å²) in [7, 11) is 0. The Balaban J connectivity index is 1.01. The van der Waals surface area contributed by atoms with E-state index in [9.17, 15) is 14.7 Å². The molecule has 0 radical (unpaired) electrons. The van der Waals surface area contributed by atoms with Gasteiger partial charge >= 0.3 is 5.97 Å². The predicted octanol–water partition coefficient (Wildman–Crippen LogP) is 8.99. The van der Waals surface area contributed by atoms with Crippen molar-refractivity contribution in [2.75, 3.05) is 33.0 Å². The number of fused-ring (bicyclic) bond motifs is 8. The molecule has 2 amide bonds. The Bertz CT molecular complexity index is 1780. The zero-order valence-corrected chi connectivity index (χ0v) is 35.5. The van der Waals surface area contributed by atoms with Crippen molar-refractivity contribution in [2.45, 2.75) is 132 Å². The number of carbonyl (C=O) groups excluding carboxylic acids is 2. The third kappa shape index (κ3) is 5.76. The van der Waals surface area contributed by atoms with E-state index in [4.69, 9.17) is 14.2 Å². The molecule has 0 bridgehead atoms. The minimum Gasteiger partial charge on any atom is -0.490 e. The van der Waals surface area contributed by atoms with Gasteiger partial charge in [-0.3, -0.25) is 14.4 Å². The van der Waals surface area contributed by atoms with Gasteiger partial charge in [-0.25, -0.2) is 0 Å². The molecule has 2 heterocycles. The van der Waals surface area contributed by atoms with Gasteiger partial charge < -0.3 is 29.1 Å². The van der Waals surface area contributed by atoms with Crippen molar-refractivity contribution in [3.05, 3.63) is 30.4 Å². The summed E-state index contributed by atoms with van der Waals surface area (Å²) in [5.41, 5.74) is 0.255. The second-order valence-corrected chi connectivity index (χ2v) is 21.4. The van der Waals surface area contributed by atoms with Gasteiger partial charge in [0.15, 0.2) is 11.5 Å². The summed E-state index contributed by atoms with van der Waals surface area (Å²) in [6.07, 6.45) is 11.1. The third-order valence-electron chi connectivity index (χ3n) is 18.1. The fourth-order valence-electron chi connectivity index (χ4n) is 14.9. The Hall–Kier alpha value is -3.23. The second-order valence-electron chi connectivity index (χ2n) is 21.4. The van der Waals surface area contributed by atoms with E-state index in [1.165, 1.54) is 37.7 Å². The number of amides is 2. The van der Waals surface area contributed by atoms with Crippen LogP contribution in [0.5, 0.6) is 17.2 Å². The molecule has 5 saturated carbocycles. The summed E-state index contributed by atoms with van der Waals surface area (Å²) >= 11 is 0. The second kappa shape index (κ2) is 13.4. The summed E-state index contributed by atoms with van der Waals surface area (Å²) in [6, 6.07) is 5.99. The molecule has 10 atom stereocenters. The van der Waals surface area contributed by atoms with Crippen LogP contribution in [0.1, 0.15) is 126 Å². The molecule has 6 fully saturated rings. The summed E-state index contributed by atoms with van der Waals surface area (Å²) in [4.78, 5) is 43.8. The van der Waals surface area contributed by atoms with Gasteiger partial charge in [0.2, 0.25) is 18.6 Å². The van der Waals surface area contributed by atoms with Crippen molar-refractivity contribution in [2.24, 2.45) is 62.1 Å². The van der Waals surface area contributed by atoms with Gasteiger partial charge in [0.05, 0.1) is 10.8 Å². The van der Waals surface area contributed by atoms with Crippen LogP contribution >= 0.6 is 0 Å². The van der Waals surface area contributed by atoms with Gasteiger partial charge in [0, 0.05) is 44.1 Å². The largest absolute Gasteiger partial charge is 0.490 e. The van der Waals surface area contributed by atoms with Crippen LogP contribution in [-0.4, -0.2) is 71.8 Å². The van der Waals surface area contributed by atoms with E-state index in [-0.39, 0.29) is 58.2 Å². The highest BCUT2D eigenvalue weighted by atomic mass is 16.7. The van der Waals surface area contributed by atoms with Crippen LogP contribution in [0.25, 0.3) is 0 Å². The van der Waals surface area contributed by atoms with Crippen LogP contribution in [0.2, 0.25) is 0 Å². The monoisotopic (exact) mass is 773 g/mol. The first-order chi connectivity index (χ1) is 26.3. The molecule has 56 heavy (non-hydrogen) atoms. The Morgan fingerprint density at radius 3 is 2.23 bits per heavy atom. The van der Waals surface area contributed by atoms with Crippen LogP contribution in [0.4, 0.5) is 0 Å². The van der Waals surface area contributed by atoms with Gasteiger partial charge in [-0.2, -0.15) is 0 Å². The maximum Gasteiger partial charge on any atom is 0.309 e. The first-order valence-corrected chi connectivity index (χ1v) is 21.8. The molecular formula is C47H68N2O7. The minimum atomic E-state index is -1.11. The van der Waals surface area contributed by atoms with Crippen molar-refractivity contribution < 1.29 is 33.7 Å². The fraction of sp³-hybridized carbons (Fsp3) is 0.766. The third-order valence-corrected chi connectivity index (χ3v) is 18.1. The summed E-state index contributed by atoms with van der Waals surface area (Å²) in [6.45, 7) is 25.0. The maximum atomic E-state index is 15.1. The van der Waals surface area contributed by atoms with Crippen molar-refractivity contribution in [3.8, 4) is 17.2 Å². The lowest BCUT2D eigenvalue weighted by Gasteiger charge is -2.73. The van der Waals surface area contributed by atoms with Crippen molar-refractivity contribution in [1.29, 1.82) is 0 Å². The summed E-state index contributed by atoms with van der Waals surface area (Å²) < 4.78 is 18.1. The van der Waals surface area contributed by atoms with E-state index in [0.717, 1.165) is 49.4 Å². The van der Waals surface area contributed by atoms with Gasteiger partial charge in [0.1, 0.15) is 11.9 Å². The Kier molecular flexibility index (Phi) is 9.48. The molecule has 8 rings (SSSR count). The van der Waals surface area contributed by atoms with Crippen molar-refractivity contribution >= 4 is 17.8 Å². The van der Waals surface area contributed by atoms with E-state index in [1.807, 2.05) is 18.2 Å². The molecule has 308 valence electrons. The van der Waals surface area contributed by atoms with Crippen LogP contribution < -0.4 is 14.2 Å². The molecule has 9 heteroatoms. The molecule has 0 unspecified atom stereocenters. The van der Waals surface area contributed by atoms with E-state index in [2.05, 4.69) is 53.0 Å². The van der Waals surface area contributed by atoms with Crippen LogP contribution in [0.15, 0.2) is 30.4 Å². The number of hydrogen-bond acceptors (Lipinski definition) is 6. The number of carboxylic acid groups (broad SMARTS) is 1. The predicted molar refractivity (Wildman–Crippen MR) is 215 cm³/mol. The number of benzene rings is 1. The normalized spacial score (nSPS) is 39.8. The summed E-state index contributed by atoms with van der Waals surface area (Å²) in [5, 5.41) is 9.60. The quantitative estimate of drug-likeness (QED) is 0.276. The van der Waals surface area contributed by atoms with Crippen LogP contribution in [0.3, 0.4) is 0 Å². The number of aliphatic carboxylic acids is 1. The number of hydrogen-bond donors (Lipinski definition) is 1. The maximum absolute atomic E-state index is 15.1. The molecule has 5 aliphatic carbocycles. The van der Waals surface area contributed by atoms with Crippen molar-refractivity contribution in [3.63, 3.8) is 0 Å². The first-order valence-electron chi connectivity index (χ1n) is 21.8. The molecule has 9 nitrogen and oxygen atoms in total. The number of carbonyl (C=O) groups is 3. The number of rotatable bonds is 7.